The summed E-state index contributed by atoms with van der Waals surface area (Å²) in [6, 6.07) is 7.16. The Labute approximate surface area is 198 Å². The van der Waals surface area contributed by atoms with Crippen molar-refractivity contribution in [3.8, 4) is 0 Å². The smallest absolute Gasteiger partial charge is 0.338 e. The monoisotopic (exact) mass is 483 g/mol. The van der Waals surface area contributed by atoms with E-state index >= 15 is 0 Å². The Morgan fingerprint density at radius 2 is 2.09 bits per heavy atom. The van der Waals surface area contributed by atoms with Crippen LogP contribution in [0.25, 0.3) is 6.08 Å². The topological polar surface area (TPSA) is 77.0 Å². The van der Waals surface area contributed by atoms with Gasteiger partial charge in [-0.15, -0.1) is 11.3 Å². The third-order valence-electron chi connectivity index (χ3n) is 5.88. The molecule has 0 saturated carbocycles. The number of anilines is 1. The molecule has 9 heteroatoms. The van der Waals surface area contributed by atoms with Gasteiger partial charge in [-0.05, 0) is 50.6 Å². The summed E-state index contributed by atoms with van der Waals surface area (Å²) >= 11 is 2.81. The Hall–Kier alpha value is -2.91. The maximum Gasteiger partial charge on any atom is 0.338 e. The highest BCUT2D eigenvalue weighted by Crippen LogP contribution is 2.33. The van der Waals surface area contributed by atoms with Gasteiger partial charge in [0.15, 0.2) is 10.7 Å². The van der Waals surface area contributed by atoms with Crippen molar-refractivity contribution in [1.29, 1.82) is 0 Å². The number of esters is 1. The molecule has 0 spiro atoms. The highest BCUT2D eigenvalue weighted by molar-refractivity contribution is 7.10. The van der Waals surface area contributed by atoms with E-state index in [1.54, 1.807) is 24.5 Å². The first-order chi connectivity index (χ1) is 16.1. The number of thiophene rings is 1. The molecule has 0 aromatic carbocycles. The highest BCUT2D eigenvalue weighted by Gasteiger charge is 2.33. The number of aromatic nitrogens is 1. The third-order valence-corrected chi connectivity index (χ3v) is 7.79. The molecule has 2 aliphatic heterocycles. The lowest BCUT2D eigenvalue weighted by Crippen LogP contribution is -2.39. The zero-order valence-corrected chi connectivity index (χ0v) is 20.2. The summed E-state index contributed by atoms with van der Waals surface area (Å²) in [5, 5.41) is 1.94. The summed E-state index contributed by atoms with van der Waals surface area (Å²) in [6.45, 7) is 5.80. The molecule has 0 radical (unpaired) electrons. The van der Waals surface area contributed by atoms with E-state index in [4.69, 9.17) is 9.15 Å². The van der Waals surface area contributed by atoms with Crippen LogP contribution in [0.1, 0.15) is 49.8 Å². The lowest BCUT2D eigenvalue weighted by Gasteiger charge is -2.25. The number of hydrogen-bond acceptors (Lipinski definition) is 8. The van der Waals surface area contributed by atoms with Crippen LogP contribution in [0.5, 0.6) is 0 Å². The van der Waals surface area contributed by atoms with Crippen LogP contribution in [-0.4, -0.2) is 30.2 Å². The molecule has 1 unspecified atom stereocenters. The van der Waals surface area contributed by atoms with Gasteiger partial charge in [-0.2, -0.15) is 0 Å². The second-order valence-electron chi connectivity index (χ2n) is 8.04. The van der Waals surface area contributed by atoms with E-state index in [9.17, 15) is 9.59 Å². The normalized spacial score (nSPS) is 18.9. The molecular weight excluding hydrogens is 458 g/mol. The second kappa shape index (κ2) is 9.15. The molecule has 7 nitrogen and oxygen atoms in total. The molecule has 0 amide bonds. The van der Waals surface area contributed by atoms with Crippen LogP contribution >= 0.6 is 22.7 Å². The number of rotatable bonds is 5. The van der Waals surface area contributed by atoms with E-state index in [0.717, 1.165) is 23.9 Å². The largest absolute Gasteiger partial charge is 0.463 e. The first-order valence-electron chi connectivity index (χ1n) is 11.1. The van der Waals surface area contributed by atoms with Gasteiger partial charge in [0.25, 0.3) is 5.56 Å². The summed E-state index contributed by atoms with van der Waals surface area (Å²) in [5.41, 5.74) is 0.788. The molecule has 1 fully saturated rings. The number of piperidine rings is 1. The van der Waals surface area contributed by atoms with Crippen LogP contribution < -0.4 is 19.8 Å². The van der Waals surface area contributed by atoms with Crippen LogP contribution in [-0.2, 0) is 9.53 Å². The Balaban J connectivity index is 1.58. The number of ether oxygens (including phenoxy) is 1. The van der Waals surface area contributed by atoms with Gasteiger partial charge in [0.2, 0.25) is 0 Å². The summed E-state index contributed by atoms with van der Waals surface area (Å²) < 4.78 is 13.5. The summed E-state index contributed by atoms with van der Waals surface area (Å²) in [5.74, 6) is 1.03. The summed E-state index contributed by atoms with van der Waals surface area (Å²) in [7, 11) is 0. The van der Waals surface area contributed by atoms with E-state index < -0.39 is 12.0 Å². The van der Waals surface area contributed by atoms with E-state index in [1.807, 2.05) is 29.6 Å². The SMILES string of the molecule is CCOC(=O)C1=C(C)N=c2s/c(=C/c3ccc(N4CCCCC4)o3)c(=O)n2C1c1cccs1. The Morgan fingerprint density at radius 3 is 2.82 bits per heavy atom. The van der Waals surface area contributed by atoms with E-state index in [2.05, 4.69) is 9.89 Å². The molecule has 0 aliphatic carbocycles. The highest BCUT2D eigenvalue weighted by atomic mass is 32.1. The predicted molar refractivity (Wildman–Crippen MR) is 129 cm³/mol. The lowest BCUT2D eigenvalue weighted by molar-refractivity contribution is -0.139. The summed E-state index contributed by atoms with van der Waals surface area (Å²) in [4.78, 5) is 34.6. The van der Waals surface area contributed by atoms with Gasteiger partial charge in [-0.3, -0.25) is 9.36 Å². The van der Waals surface area contributed by atoms with Crippen LogP contribution in [0.2, 0.25) is 0 Å². The van der Waals surface area contributed by atoms with Gasteiger partial charge in [0, 0.05) is 30.1 Å². The molecule has 0 N–H and O–H groups in total. The van der Waals surface area contributed by atoms with Crippen molar-refractivity contribution < 1.29 is 13.9 Å². The molecule has 0 bridgehead atoms. The van der Waals surface area contributed by atoms with Gasteiger partial charge in [-0.1, -0.05) is 17.4 Å². The number of fused-ring (bicyclic) bond motifs is 1. The molecule has 2 aliphatic rings. The maximum atomic E-state index is 13.5. The Morgan fingerprint density at radius 1 is 1.27 bits per heavy atom. The predicted octanol–water partition coefficient (Wildman–Crippen LogP) is 3.44. The number of hydrogen-bond donors (Lipinski definition) is 0. The minimum Gasteiger partial charge on any atom is -0.463 e. The van der Waals surface area contributed by atoms with E-state index in [0.29, 0.717) is 26.4 Å². The van der Waals surface area contributed by atoms with Gasteiger partial charge < -0.3 is 14.1 Å². The first kappa shape index (κ1) is 21.9. The average molecular weight is 484 g/mol. The molecule has 1 saturated heterocycles. The van der Waals surface area contributed by atoms with Gasteiger partial charge in [0.1, 0.15) is 11.8 Å². The molecule has 5 heterocycles. The van der Waals surface area contributed by atoms with Crippen molar-refractivity contribution in [2.75, 3.05) is 24.6 Å². The van der Waals surface area contributed by atoms with Crippen molar-refractivity contribution in [3.05, 3.63) is 71.2 Å². The van der Waals surface area contributed by atoms with Crippen LogP contribution in [0.3, 0.4) is 0 Å². The second-order valence-corrected chi connectivity index (χ2v) is 10.0. The maximum absolute atomic E-state index is 13.5. The quantitative estimate of drug-likeness (QED) is 0.520. The van der Waals surface area contributed by atoms with E-state index in [1.165, 1.54) is 41.9 Å². The van der Waals surface area contributed by atoms with Crippen molar-refractivity contribution in [3.63, 3.8) is 0 Å². The fraction of sp³-hybridized carbons (Fsp3) is 0.375. The number of carbonyl (C=O) groups excluding carboxylic acids is 1. The summed E-state index contributed by atoms with van der Waals surface area (Å²) in [6.07, 6.45) is 5.36. The number of thiazole rings is 1. The van der Waals surface area contributed by atoms with Gasteiger partial charge in [0.05, 0.1) is 22.4 Å². The molecule has 3 aromatic rings. The van der Waals surface area contributed by atoms with Crippen molar-refractivity contribution in [2.24, 2.45) is 4.99 Å². The number of furan rings is 1. The number of allylic oxidation sites excluding steroid dienone is 1. The Kier molecular flexibility index (Phi) is 6.07. The van der Waals surface area contributed by atoms with Crippen LogP contribution in [0.4, 0.5) is 5.88 Å². The van der Waals surface area contributed by atoms with Crippen molar-refractivity contribution >= 4 is 40.6 Å². The van der Waals surface area contributed by atoms with Crippen LogP contribution in [0, 0.1) is 0 Å². The zero-order valence-electron chi connectivity index (χ0n) is 18.6. The van der Waals surface area contributed by atoms with Crippen molar-refractivity contribution in [2.45, 2.75) is 39.2 Å². The number of nitrogens with zero attached hydrogens (tertiary/aromatic N) is 3. The zero-order chi connectivity index (χ0) is 22.9. The van der Waals surface area contributed by atoms with E-state index in [-0.39, 0.29) is 12.2 Å². The third kappa shape index (κ3) is 4.11. The van der Waals surface area contributed by atoms with Gasteiger partial charge >= 0.3 is 5.97 Å². The molecule has 172 valence electrons. The number of carbonyl (C=O) groups is 1. The standard InChI is InChI=1S/C24H25N3O4S2/c1-3-30-23(29)20-15(2)25-24-27(21(20)17-8-7-13-32-17)22(28)18(33-24)14-16-9-10-19(31-16)26-11-5-4-6-12-26/h7-10,13-14,21H,3-6,11-12H2,1-2H3/b18-14+. The fourth-order valence-electron chi connectivity index (χ4n) is 4.34. The molecule has 1 atom stereocenters. The first-order valence-corrected chi connectivity index (χ1v) is 12.8. The molecular formula is C24H25N3O4S2. The van der Waals surface area contributed by atoms with Crippen LogP contribution in [0.15, 0.2) is 55.1 Å². The minimum absolute atomic E-state index is 0.192. The lowest BCUT2D eigenvalue weighted by atomic mass is 10.0. The average Bonchev–Trinajstić information content (AvgIpc) is 3.56. The van der Waals surface area contributed by atoms with Crippen molar-refractivity contribution in [1.82, 2.24) is 4.57 Å². The van der Waals surface area contributed by atoms with Gasteiger partial charge in [-0.25, -0.2) is 9.79 Å². The molecule has 3 aromatic heterocycles. The minimum atomic E-state index is -0.553. The molecule has 5 rings (SSSR count). The fourth-order valence-corrected chi connectivity index (χ4v) is 6.19. The Bertz CT molecular complexity index is 1370. The molecule has 33 heavy (non-hydrogen) atoms.